The van der Waals surface area contributed by atoms with Gasteiger partial charge in [0.25, 0.3) is 5.91 Å². The van der Waals surface area contributed by atoms with E-state index in [1.54, 1.807) is 35.1 Å². The van der Waals surface area contributed by atoms with Gasteiger partial charge in [-0.05, 0) is 31.5 Å². The third-order valence-electron chi connectivity index (χ3n) is 3.77. The van der Waals surface area contributed by atoms with E-state index in [9.17, 15) is 9.59 Å². The SMILES string of the molecule is Cc1c(C(C)NC(=O)c2ccc(CNC(N)=O)cc2)cnn1C. The minimum absolute atomic E-state index is 0.132. The van der Waals surface area contributed by atoms with Crippen LogP contribution in [0, 0.1) is 6.92 Å². The summed E-state index contributed by atoms with van der Waals surface area (Å²) in [5.41, 5.74) is 8.46. The predicted molar refractivity (Wildman–Crippen MR) is 86.7 cm³/mol. The van der Waals surface area contributed by atoms with E-state index in [2.05, 4.69) is 15.7 Å². The molecule has 0 saturated carbocycles. The smallest absolute Gasteiger partial charge is 0.312 e. The first-order valence-corrected chi connectivity index (χ1v) is 7.30. The maximum Gasteiger partial charge on any atom is 0.312 e. The Morgan fingerprint density at radius 2 is 1.96 bits per heavy atom. The summed E-state index contributed by atoms with van der Waals surface area (Å²) in [6.45, 7) is 4.22. The molecule has 4 N–H and O–H groups in total. The van der Waals surface area contributed by atoms with Crippen molar-refractivity contribution in [2.75, 3.05) is 0 Å². The van der Waals surface area contributed by atoms with Crippen molar-refractivity contribution in [3.63, 3.8) is 0 Å². The molecular formula is C16H21N5O2. The minimum atomic E-state index is -0.576. The number of carbonyl (C=O) groups is 2. The number of aryl methyl sites for hydroxylation is 1. The van der Waals surface area contributed by atoms with Crippen LogP contribution >= 0.6 is 0 Å². The maximum absolute atomic E-state index is 12.3. The minimum Gasteiger partial charge on any atom is -0.352 e. The maximum atomic E-state index is 12.3. The fourth-order valence-electron chi connectivity index (χ4n) is 2.26. The fourth-order valence-corrected chi connectivity index (χ4v) is 2.26. The number of nitrogens with zero attached hydrogens (tertiary/aromatic N) is 2. The molecule has 2 rings (SSSR count). The van der Waals surface area contributed by atoms with Crippen molar-refractivity contribution < 1.29 is 9.59 Å². The van der Waals surface area contributed by atoms with Crippen LogP contribution in [-0.2, 0) is 13.6 Å². The van der Waals surface area contributed by atoms with Crippen molar-refractivity contribution in [1.82, 2.24) is 20.4 Å². The summed E-state index contributed by atoms with van der Waals surface area (Å²) >= 11 is 0. The molecule has 23 heavy (non-hydrogen) atoms. The van der Waals surface area contributed by atoms with Gasteiger partial charge in [-0.15, -0.1) is 0 Å². The summed E-state index contributed by atoms with van der Waals surface area (Å²) < 4.78 is 1.78. The average molecular weight is 315 g/mol. The summed E-state index contributed by atoms with van der Waals surface area (Å²) in [6.07, 6.45) is 1.76. The number of nitrogens with two attached hydrogens (primary N) is 1. The van der Waals surface area contributed by atoms with Crippen molar-refractivity contribution in [2.45, 2.75) is 26.4 Å². The lowest BCUT2D eigenvalue weighted by molar-refractivity contribution is 0.0939. The quantitative estimate of drug-likeness (QED) is 0.777. The summed E-state index contributed by atoms with van der Waals surface area (Å²) in [4.78, 5) is 23.0. The lowest BCUT2D eigenvalue weighted by atomic mass is 10.1. The number of rotatable bonds is 5. The highest BCUT2D eigenvalue weighted by Crippen LogP contribution is 2.16. The Kier molecular flexibility index (Phi) is 5.00. The lowest BCUT2D eigenvalue weighted by Gasteiger charge is -2.14. The zero-order valence-corrected chi connectivity index (χ0v) is 13.5. The van der Waals surface area contributed by atoms with Crippen molar-refractivity contribution in [3.8, 4) is 0 Å². The lowest BCUT2D eigenvalue weighted by Crippen LogP contribution is -2.29. The normalized spacial score (nSPS) is 11.8. The van der Waals surface area contributed by atoms with Gasteiger partial charge in [0, 0.05) is 30.4 Å². The fraction of sp³-hybridized carbons (Fsp3) is 0.312. The van der Waals surface area contributed by atoms with Gasteiger partial charge in [-0.1, -0.05) is 12.1 Å². The number of nitrogens with one attached hydrogen (secondary N) is 2. The van der Waals surface area contributed by atoms with E-state index in [1.165, 1.54) is 0 Å². The third kappa shape index (κ3) is 4.09. The largest absolute Gasteiger partial charge is 0.352 e. The molecule has 1 unspecified atom stereocenters. The van der Waals surface area contributed by atoms with Gasteiger partial charge in [0.15, 0.2) is 0 Å². The topological polar surface area (TPSA) is 102 Å². The van der Waals surface area contributed by atoms with Crippen LogP contribution in [0.3, 0.4) is 0 Å². The molecule has 0 bridgehead atoms. The average Bonchev–Trinajstić information content (AvgIpc) is 2.85. The van der Waals surface area contributed by atoms with E-state index in [-0.39, 0.29) is 11.9 Å². The molecule has 0 aliphatic rings. The third-order valence-corrected chi connectivity index (χ3v) is 3.77. The number of primary amides is 1. The molecular weight excluding hydrogens is 294 g/mol. The zero-order chi connectivity index (χ0) is 17.0. The number of benzene rings is 1. The molecule has 0 aliphatic carbocycles. The van der Waals surface area contributed by atoms with E-state index in [1.807, 2.05) is 20.9 Å². The molecule has 0 radical (unpaired) electrons. The van der Waals surface area contributed by atoms with Crippen LogP contribution in [0.4, 0.5) is 4.79 Å². The standard InChI is InChI=1S/C16H21N5O2/c1-10(14-9-19-21(3)11(14)2)20-15(22)13-6-4-12(5-7-13)8-18-16(17)23/h4-7,9-10H,8H2,1-3H3,(H,20,22)(H3,17,18,23). The number of hydrogen-bond donors (Lipinski definition) is 3. The molecule has 1 aromatic heterocycles. The van der Waals surface area contributed by atoms with Crippen LogP contribution in [0.15, 0.2) is 30.5 Å². The van der Waals surface area contributed by atoms with Crippen LogP contribution in [0.25, 0.3) is 0 Å². The highest BCUT2D eigenvalue weighted by molar-refractivity contribution is 5.94. The number of urea groups is 1. The van der Waals surface area contributed by atoms with Gasteiger partial charge in [-0.25, -0.2) is 4.79 Å². The van der Waals surface area contributed by atoms with E-state index in [0.717, 1.165) is 16.8 Å². The Hall–Kier alpha value is -2.83. The van der Waals surface area contributed by atoms with Crippen molar-refractivity contribution in [2.24, 2.45) is 12.8 Å². The second-order valence-corrected chi connectivity index (χ2v) is 5.42. The van der Waals surface area contributed by atoms with Crippen LogP contribution in [0.5, 0.6) is 0 Å². The number of carbonyl (C=O) groups excluding carboxylic acids is 2. The first-order valence-electron chi connectivity index (χ1n) is 7.30. The van der Waals surface area contributed by atoms with Gasteiger partial charge in [0.1, 0.15) is 0 Å². The molecule has 0 aliphatic heterocycles. The Morgan fingerprint density at radius 3 is 2.48 bits per heavy atom. The second kappa shape index (κ2) is 6.95. The van der Waals surface area contributed by atoms with Gasteiger partial charge >= 0.3 is 6.03 Å². The molecule has 1 aromatic carbocycles. The van der Waals surface area contributed by atoms with E-state index in [0.29, 0.717) is 12.1 Å². The van der Waals surface area contributed by atoms with Gasteiger partial charge in [-0.2, -0.15) is 5.10 Å². The van der Waals surface area contributed by atoms with Crippen molar-refractivity contribution >= 4 is 11.9 Å². The molecule has 3 amide bonds. The molecule has 7 heteroatoms. The highest BCUT2D eigenvalue weighted by atomic mass is 16.2. The molecule has 1 heterocycles. The second-order valence-electron chi connectivity index (χ2n) is 5.42. The van der Waals surface area contributed by atoms with Gasteiger partial charge in [-0.3, -0.25) is 9.48 Å². The molecule has 0 saturated heterocycles. The molecule has 0 spiro atoms. The summed E-state index contributed by atoms with van der Waals surface area (Å²) in [7, 11) is 1.87. The van der Waals surface area contributed by atoms with Crippen molar-refractivity contribution in [3.05, 3.63) is 52.8 Å². The first-order chi connectivity index (χ1) is 10.9. The summed E-state index contributed by atoms with van der Waals surface area (Å²) in [6, 6.07) is 6.29. The first kappa shape index (κ1) is 16.5. The van der Waals surface area contributed by atoms with E-state index in [4.69, 9.17) is 5.73 Å². The highest BCUT2D eigenvalue weighted by Gasteiger charge is 2.15. The molecule has 7 nitrogen and oxygen atoms in total. The van der Waals surface area contributed by atoms with Crippen LogP contribution in [0.2, 0.25) is 0 Å². The van der Waals surface area contributed by atoms with Gasteiger partial charge < -0.3 is 16.4 Å². The molecule has 2 aromatic rings. The molecule has 122 valence electrons. The predicted octanol–water partition coefficient (Wildman–Crippen LogP) is 1.39. The van der Waals surface area contributed by atoms with E-state index >= 15 is 0 Å². The molecule has 0 fully saturated rings. The summed E-state index contributed by atoms with van der Waals surface area (Å²) in [5.74, 6) is -0.157. The van der Waals surface area contributed by atoms with Gasteiger partial charge in [0.2, 0.25) is 0 Å². The van der Waals surface area contributed by atoms with E-state index < -0.39 is 6.03 Å². The molecule has 1 atom stereocenters. The van der Waals surface area contributed by atoms with Crippen LogP contribution in [0.1, 0.15) is 40.1 Å². The summed E-state index contributed by atoms with van der Waals surface area (Å²) in [5, 5.41) is 9.64. The Morgan fingerprint density at radius 1 is 1.30 bits per heavy atom. The van der Waals surface area contributed by atoms with Gasteiger partial charge in [0.05, 0.1) is 12.2 Å². The number of hydrogen-bond acceptors (Lipinski definition) is 3. The Balaban J connectivity index is 2.00. The Bertz CT molecular complexity index is 706. The monoisotopic (exact) mass is 315 g/mol. The zero-order valence-electron chi connectivity index (χ0n) is 13.5. The number of aromatic nitrogens is 2. The van der Waals surface area contributed by atoms with Crippen LogP contribution in [-0.4, -0.2) is 21.7 Å². The number of amides is 3. The Labute approximate surface area is 134 Å². The van der Waals surface area contributed by atoms with Crippen LogP contribution < -0.4 is 16.4 Å². The van der Waals surface area contributed by atoms with Crippen molar-refractivity contribution in [1.29, 1.82) is 0 Å².